The zero-order valence-electron chi connectivity index (χ0n) is 9.94. The number of hydrogen-bond donors (Lipinski definition) is 2. The quantitative estimate of drug-likeness (QED) is 0.641. The van der Waals surface area contributed by atoms with Crippen LogP contribution in [0.25, 0.3) is 0 Å². The van der Waals surface area contributed by atoms with Crippen molar-refractivity contribution in [3.63, 3.8) is 0 Å². The minimum absolute atomic E-state index is 0.374. The van der Waals surface area contributed by atoms with E-state index in [1.807, 2.05) is 4.90 Å². The molecule has 2 unspecified atom stereocenters. The van der Waals surface area contributed by atoms with E-state index in [-0.39, 0.29) is 5.92 Å². The van der Waals surface area contributed by atoms with E-state index in [0.717, 1.165) is 19.4 Å². The molecule has 2 atom stereocenters. The standard InChI is InChI=1S/C11H23NO3/c1-4-5-6-12(8-10(3)13)7-9(2)11(14)15/h9-10,13H,4-8H2,1-3H3,(H,14,15). The van der Waals surface area contributed by atoms with Gasteiger partial charge in [0, 0.05) is 13.1 Å². The van der Waals surface area contributed by atoms with Crippen LogP contribution in [0.15, 0.2) is 0 Å². The van der Waals surface area contributed by atoms with Gasteiger partial charge in [-0.2, -0.15) is 0 Å². The predicted molar refractivity (Wildman–Crippen MR) is 59.8 cm³/mol. The van der Waals surface area contributed by atoms with Gasteiger partial charge in [0.2, 0.25) is 0 Å². The van der Waals surface area contributed by atoms with Crippen molar-refractivity contribution in [1.82, 2.24) is 4.90 Å². The molecule has 0 rings (SSSR count). The smallest absolute Gasteiger partial charge is 0.307 e. The maximum atomic E-state index is 10.7. The molecule has 0 aliphatic carbocycles. The Hall–Kier alpha value is -0.610. The number of carbonyl (C=O) groups is 1. The van der Waals surface area contributed by atoms with Crippen molar-refractivity contribution >= 4 is 5.97 Å². The molecule has 0 spiro atoms. The van der Waals surface area contributed by atoms with Gasteiger partial charge >= 0.3 is 5.97 Å². The van der Waals surface area contributed by atoms with E-state index < -0.39 is 12.1 Å². The second-order valence-electron chi connectivity index (χ2n) is 4.20. The number of aliphatic hydroxyl groups excluding tert-OH is 1. The van der Waals surface area contributed by atoms with Gasteiger partial charge in [0.1, 0.15) is 0 Å². The molecule has 90 valence electrons. The number of nitrogens with zero attached hydrogens (tertiary/aromatic N) is 1. The highest BCUT2D eigenvalue weighted by atomic mass is 16.4. The normalized spacial score (nSPS) is 15.3. The summed E-state index contributed by atoms with van der Waals surface area (Å²) in [6.45, 7) is 7.45. The Morgan fingerprint density at radius 1 is 1.33 bits per heavy atom. The lowest BCUT2D eigenvalue weighted by atomic mass is 10.1. The van der Waals surface area contributed by atoms with Crippen LogP contribution in [0.4, 0.5) is 0 Å². The Bertz CT molecular complexity index is 183. The largest absolute Gasteiger partial charge is 0.481 e. The van der Waals surface area contributed by atoms with Crippen LogP contribution in [-0.2, 0) is 4.79 Å². The molecular formula is C11H23NO3. The number of carboxylic acid groups (broad SMARTS) is 1. The molecule has 0 bridgehead atoms. The minimum atomic E-state index is -0.776. The van der Waals surface area contributed by atoms with Crippen LogP contribution in [0.3, 0.4) is 0 Å². The van der Waals surface area contributed by atoms with E-state index in [9.17, 15) is 9.90 Å². The van der Waals surface area contributed by atoms with Crippen LogP contribution in [0.5, 0.6) is 0 Å². The molecule has 0 radical (unpaired) electrons. The van der Waals surface area contributed by atoms with Crippen LogP contribution < -0.4 is 0 Å². The van der Waals surface area contributed by atoms with Gasteiger partial charge in [0.25, 0.3) is 0 Å². The summed E-state index contributed by atoms with van der Waals surface area (Å²) in [5, 5.41) is 18.1. The molecule has 0 saturated carbocycles. The summed E-state index contributed by atoms with van der Waals surface area (Å²) in [7, 11) is 0. The van der Waals surface area contributed by atoms with Crippen molar-refractivity contribution in [3.8, 4) is 0 Å². The number of hydrogen-bond acceptors (Lipinski definition) is 3. The van der Waals surface area contributed by atoms with E-state index in [1.54, 1.807) is 13.8 Å². The fourth-order valence-electron chi connectivity index (χ4n) is 1.48. The fourth-order valence-corrected chi connectivity index (χ4v) is 1.48. The van der Waals surface area contributed by atoms with E-state index in [2.05, 4.69) is 6.92 Å². The van der Waals surface area contributed by atoms with Gasteiger partial charge in [0.15, 0.2) is 0 Å². The van der Waals surface area contributed by atoms with Crippen molar-refractivity contribution in [2.75, 3.05) is 19.6 Å². The minimum Gasteiger partial charge on any atom is -0.481 e. The van der Waals surface area contributed by atoms with Gasteiger partial charge in [-0.15, -0.1) is 0 Å². The second kappa shape index (κ2) is 7.65. The maximum Gasteiger partial charge on any atom is 0.307 e. The second-order valence-corrected chi connectivity index (χ2v) is 4.20. The Kier molecular flexibility index (Phi) is 7.34. The third kappa shape index (κ3) is 7.33. The summed E-state index contributed by atoms with van der Waals surface area (Å²) < 4.78 is 0. The molecule has 0 amide bonds. The van der Waals surface area contributed by atoms with E-state index in [1.165, 1.54) is 0 Å². The third-order valence-electron chi connectivity index (χ3n) is 2.30. The highest BCUT2D eigenvalue weighted by Crippen LogP contribution is 2.03. The van der Waals surface area contributed by atoms with Crippen molar-refractivity contribution in [2.24, 2.45) is 5.92 Å². The van der Waals surface area contributed by atoms with Gasteiger partial charge in [-0.3, -0.25) is 9.69 Å². The molecule has 0 heterocycles. The van der Waals surface area contributed by atoms with Crippen LogP contribution >= 0.6 is 0 Å². The molecule has 4 heteroatoms. The van der Waals surface area contributed by atoms with Gasteiger partial charge in [-0.25, -0.2) is 0 Å². The Balaban J connectivity index is 4.04. The number of unbranched alkanes of at least 4 members (excludes halogenated alkanes) is 1. The van der Waals surface area contributed by atoms with Crippen LogP contribution in [-0.4, -0.2) is 46.8 Å². The Labute approximate surface area is 91.9 Å². The van der Waals surface area contributed by atoms with Gasteiger partial charge < -0.3 is 10.2 Å². The first-order valence-corrected chi connectivity index (χ1v) is 5.60. The van der Waals surface area contributed by atoms with Crippen LogP contribution in [0.1, 0.15) is 33.6 Å². The highest BCUT2D eigenvalue weighted by Gasteiger charge is 2.16. The molecule has 0 aromatic heterocycles. The van der Waals surface area contributed by atoms with Crippen molar-refractivity contribution in [3.05, 3.63) is 0 Å². The van der Waals surface area contributed by atoms with Gasteiger partial charge in [-0.05, 0) is 19.9 Å². The summed E-state index contributed by atoms with van der Waals surface area (Å²) in [6.07, 6.45) is 1.72. The molecule has 0 aromatic rings. The molecule has 0 saturated heterocycles. The summed E-state index contributed by atoms with van der Waals surface area (Å²) in [5.74, 6) is -1.15. The molecular weight excluding hydrogens is 194 g/mol. The monoisotopic (exact) mass is 217 g/mol. The lowest BCUT2D eigenvalue weighted by Gasteiger charge is -2.25. The zero-order valence-corrected chi connectivity index (χ0v) is 9.94. The topological polar surface area (TPSA) is 60.8 Å². The number of aliphatic hydroxyl groups is 1. The van der Waals surface area contributed by atoms with E-state index in [4.69, 9.17) is 5.11 Å². The fraction of sp³-hybridized carbons (Fsp3) is 0.909. The first-order valence-electron chi connectivity index (χ1n) is 5.60. The molecule has 0 fully saturated rings. The third-order valence-corrected chi connectivity index (χ3v) is 2.30. The van der Waals surface area contributed by atoms with Gasteiger partial charge in [0.05, 0.1) is 12.0 Å². The number of aliphatic carboxylic acids is 1. The lowest BCUT2D eigenvalue weighted by Crippen LogP contribution is -2.37. The van der Waals surface area contributed by atoms with Gasteiger partial charge in [-0.1, -0.05) is 20.3 Å². The summed E-state index contributed by atoms with van der Waals surface area (Å²) in [5.41, 5.74) is 0. The number of rotatable bonds is 8. The Morgan fingerprint density at radius 3 is 2.33 bits per heavy atom. The van der Waals surface area contributed by atoms with Crippen molar-refractivity contribution < 1.29 is 15.0 Å². The highest BCUT2D eigenvalue weighted by molar-refractivity contribution is 5.69. The maximum absolute atomic E-state index is 10.7. The SMILES string of the molecule is CCCCN(CC(C)O)CC(C)C(=O)O. The van der Waals surface area contributed by atoms with Crippen molar-refractivity contribution in [1.29, 1.82) is 0 Å². The van der Waals surface area contributed by atoms with E-state index in [0.29, 0.717) is 13.1 Å². The van der Waals surface area contributed by atoms with Crippen LogP contribution in [0, 0.1) is 5.92 Å². The molecule has 4 nitrogen and oxygen atoms in total. The molecule has 0 aliphatic rings. The molecule has 15 heavy (non-hydrogen) atoms. The average Bonchev–Trinajstić information content (AvgIpc) is 2.13. The predicted octanol–water partition coefficient (Wildman–Crippen LogP) is 1.19. The van der Waals surface area contributed by atoms with E-state index >= 15 is 0 Å². The summed E-state index contributed by atoms with van der Waals surface area (Å²) in [6, 6.07) is 0. The van der Waals surface area contributed by atoms with Crippen molar-refractivity contribution in [2.45, 2.75) is 39.7 Å². The summed E-state index contributed by atoms with van der Waals surface area (Å²) in [4.78, 5) is 12.7. The first kappa shape index (κ1) is 14.4. The molecule has 0 aromatic carbocycles. The average molecular weight is 217 g/mol. The Morgan fingerprint density at radius 2 is 1.93 bits per heavy atom. The number of carboxylic acids is 1. The van der Waals surface area contributed by atoms with Crippen LogP contribution in [0.2, 0.25) is 0 Å². The summed E-state index contributed by atoms with van der Waals surface area (Å²) >= 11 is 0. The molecule has 0 aliphatic heterocycles. The molecule has 2 N–H and O–H groups in total. The zero-order chi connectivity index (χ0) is 11.8. The first-order chi connectivity index (χ1) is 6.97. The lowest BCUT2D eigenvalue weighted by molar-refractivity contribution is -0.141.